The van der Waals surface area contributed by atoms with Gasteiger partial charge in [-0.1, -0.05) is 6.07 Å². The average Bonchev–Trinajstić information content (AvgIpc) is 3.22. The third-order valence-electron chi connectivity index (χ3n) is 3.58. The molecule has 4 heteroatoms. The van der Waals surface area contributed by atoms with E-state index in [1.165, 1.54) is 0 Å². The van der Waals surface area contributed by atoms with Crippen molar-refractivity contribution in [1.82, 2.24) is 4.90 Å². The van der Waals surface area contributed by atoms with Crippen LogP contribution in [0, 0.1) is 5.92 Å². The monoisotopic (exact) mass is 262 g/mol. The zero-order valence-electron chi connectivity index (χ0n) is 11.8. The molecule has 1 aliphatic rings. The molecule has 0 spiro atoms. The van der Waals surface area contributed by atoms with Gasteiger partial charge in [-0.3, -0.25) is 4.79 Å². The van der Waals surface area contributed by atoms with Crippen molar-refractivity contribution in [3.8, 4) is 0 Å². The summed E-state index contributed by atoms with van der Waals surface area (Å²) in [5.74, 6) is 0.353. The Kier molecular flexibility index (Phi) is 4.10. The lowest BCUT2D eigenvalue weighted by Gasteiger charge is -2.21. The molecule has 1 saturated carbocycles. The molecule has 0 bridgehead atoms. The van der Waals surface area contributed by atoms with Crippen molar-refractivity contribution in [2.24, 2.45) is 5.92 Å². The van der Waals surface area contributed by atoms with E-state index in [-0.39, 0.29) is 12.0 Å². The number of rotatable bonds is 5. The van der Waals surface area contributed by atoms with Gasteiger partial charge in [0.2, 0.25) is 0 Å². The van der Waals surface area contributed by atoms with Gasteiger partial charge in [0.25, 0.3) is 5.91 Å². The van der Waals surface area contributed by atoms with Crippen LogP contribution in [0.5, 0.6) is 0 Å². The summed E-state index contributed by atoms with van der Waals surface area (Å²) in [5, 5.41) is 9.90. The van der Waals surface area contributed by atoms with Crippen molar-refractivity contribution < 1.29 is 9.90 Å². The van der Waals surface area contributed by atoms with Crippen LogP contribution >= 0.6 is 0 Å². The predicted molar refractivity (Wildman–Crippen MR) is 76.5 cm³/mol. The van der Waals surface area contributed by atoms with Gasteiger partial charge < -0.3 is 14.9 Å². The van der Waals surface area contributed by atoms with E-state index in [1.54, 1.807) is 11.9 Å². The number of anilines is 1. The number of aliphatic hydroxyl groups is 1. The van der Waals surface area contributed by atoms with Gasteiger partial charge in [0.15, 0.2) is 0 Å². The molecule has 19 heavy (non-hydrogen) atoms. The highest BCUT2D eigenvalue weighted by Gasteiger charge is 2.31. The first-order valence-electron chi connectivity index (χ1n) is 6.70. The summed E-state index contributed by atoms with van der Waals surface area (Å²) in [6, 6.07) is 7.54. The lowest BCUT2D eigenvalue weighted by atomic mass is 10.1. The maximum Gasteiger partial charge on any atom is 0.253 e. The summed E-state index contributed by atoms with van der Waals surface area (Å²) in [6.07, 6.45) is 1.78. The molecule has 0 unspecified atom stereocenters. The smallest absolute Gasteiger partial charge is 0.253 e. The van der Waals surface area contributed by atoms with Crippen LogP contribution in [0.1, 0.15) is 23.2 Å². The van der Waals surface area contributed by atoms with Gasteiger partial charge >= 0.3 is 0 Å². The molecule has 1 aliphatic carbocycles. The molecule has 4 nitrogen and oxygen atoms in total. The van der Waals surface area contributed by atoms with Crippen LogP contribution < -0.4 is 4.90 Å². The van der Waals surface area contributed by atoms with Crippen LogP contribution in [0.25, 0.3) is 0 Å². The Balaban J connectivity index is 2.03. The van der Waals surface area contributed by atoms with E-state index in [0.29, 0.717) is 18.0 Å². The van der Waals surface area contributed by atoms with Gasteiger partial charge in [-0.15, -0.1) is 0 Å². The number of amides is 1. The van der Waals surface area contributed by atoms with Crippen molar-refractivity contribution in [2.45, 2.75) is 18.9 Å². The normalized spacial score (nSPS) is 16.0. The number of aliphatic hydroxyl groups excluding tert-OH is 1. The zero-order valence-corrected chi connectivity index (χ0v) is 11.8. The summed E-state index contributed by atoms with van der Waals surface area (Å²) in [7, 11) is 5.64. The highest BCUT2D eigenvalue weighted by atomic mass is 16.3. The van der Waals surface area contributed by atoms with Gasteiger partial charge in [0.05, 0.1) is 6.10 Å². The van der Waals surface area contributed by atoms with Gasteiger partial charge in [0, 0.05) is 38.9 Å². The number of hydrogen-bond donors (Lipinski definition) is 1. The van der Waals surface area contributed by atoms with E-state index < -0.39 is 0 Å². The van der Waals surface area contributed by atoms with Crippen molar-refractivity contribution in [1.29, 1.82) is 0 Å². The van der Waals surface area contributed by atoms with E-state index in [0.717, 1.165) is 18.5 Å². The molecule has 1 fully saturated rings. The predicted octanol–water partition coefficient (Wildman–Crippen LogP) is 1.60. The van der Waals surface area contributed by atoms with Gasteiger partial charge in [-0.25, -0.2) is 0 Å². The molecule has 0 saturated heterocycles. The largest absolute Gasteiger partial charge is 0.391 e. The fourth-order valence-electron chi connectivity index (χ4n) is 2.13. The van der Waals surface area contributed by atoms with E-state index in [1.807, 2.05) is 43.3 Å². The Morgan fingerprint density at radius 3 is 2.63 bits per heavy atom. The second-order valence-corrected chi connectivity index (χ2v) is 5.54. The molecular weight excluding hydrogens is 240 g/mol. The highest BCUT2D eigenvalue weighted by Crippen LogP contribution is 2.32. The van der Waals surface area contributed by atoms with Crippen LogP contribution in [0.3, 0.4) is 0 Å². The molecule has 0 radical (unpaired) electrons. The third-order valence-corrected chi connectivity index (χ3v) is 3.58. The van der Waals surface area contributed by atoms with E-state index >= 15 is 0 Å². The molecule has 1 aromatic carbocycles. The maximum atomic E-state index is 12.3. The zero-order chi connectivity index (χ0) is 14.0. The number of carbonyl (C=O) groups excluding carboxylic acids is 1. The van der Waals surface area contributed by atoms with Crippen molar-refractivity contribution in [2.75, 3.05) is 32.6 Å². The molecule has 0 aliphatic heterocycles. The van der Waals surface area contributed by atoms with Crippen LogP contribution in [0.4, 0.5) is 5.69 Å². The minimum Gasteiger partial charge on any atom is -0.391 e. The Morgan fingerprint density at radius 1 is 1.37 bits per heavy atom. The maximum absolute atomic E-state index is 12.3. The van der Waals surface area contributed by atoms with Crippen LogP contribution in [0.2, 0.25) is 0 Å². The molecule has 1 aromatic rings. The molecule has 1 N–H and O–H groups in total. The summed E-state index contributed by atoms with van der Waals surface area (Å²) in [5.41, 5.74) is 1.67. The second-order valence-electron chi connectivity index (χ2n) is 5.54. The van der Waals surface area contributed by atoms with Crippen molar-refractivity contribution in [3.05, 3.63) is 29.8 Å². The lowest BCUT2D eigenvalue weighted by molar-refractivity contribution is 0.0645. The fourth-order valence-corrected chi connectivity index (χ4v) is 2.13. The molecule has 1 atom stereocenters. The molecule has 1 amide bonds. The fraction of sp³-hybridized carbons (Fsp3) is 0.533. The Labute approximate surface area is 114 Å². The van der Waals surface area contributed by atoms with E-state index in [2.05, 4.69) is 0 Å². The molecule has 2 rings (SSSR count). The summed E-state index contributed by atoms with van der Waals surface area (Å²) >= 11 is 0. The van der Waals surface area contributed by atoms with Crippen LogP contribution in [-0.4, -0.2) is 49.7 Å². The first-order valence-corrected chi connectivity index (χ1v) is 6.70. The SMILES string of the molecule is CN(C[C@H](O)C1CC1)C(=O)c1cccc(N(C)C)c1. The standard InChI is InChI=1S/C15H22N2O2/c1-16(2)13-6-4-5-12(9-13)15(19)17(3)10-14(18)11-7-8-11/h4-6,9,11,14,18H,7-8,10H2,1-3H3/t14-/m0/s1. The number of carbonyl (C=O) groups is 1. The highest BCUT2D eigenvalue weighted by molar-refractivity contribution is 5.95. The summed E-state index contributed by atoms with van der Waals surface area (Å²) < 4.78 is 0. The number of nitrogens with zero attached hydrogens (tertiary/aromatic N) is 2. The first kappa shape index (κ1) is 13.9. The second kappa shape index (κ2) is 5.61. The first-order chi connectivity index (χ1) is 8.99. The van der Waals surface area contributed by atoms with E-state index in [4.69, 9.17) is 0 Å². The molecule has 104 valence electrons. The minimum absolute atomic E-state index is 0.0385. The number of benzene rings is 1. The molecular formula is C15H22N2O2. The topological polar surface area (TPSA) is 43.8 Å². The number of hydrogen-bond acceptors (Lipinski definition) is 3. The van der Waals surface area contributed by atoms with Gasteiger partial charge in [0.1, 0.15) is 0 Å². The van der Waals surface area contributed by atoms with Crippen LogP contribution in [-0.2, 0) is 0 Å². The molecule has 0 aromatic heterocycles. The molecule has 0 heterocycles. The summed E-state index contributed by atoms with van der Waals surface area (Å²) in [4.78, 5) is 15.9. The van der Waals surface area contributed by atoms with Gasteiger partial charge in [-0.05, 0) is 37.0 Å². The Bertz CT molecular complexity index is 455. The Morgan fingerprint density at radius 2 is 2.05 bits per heavy atom. The van der Waals surface area contributed by atoms with Gasteiger partial charge in [-0.2, -0.15) is 0 Å². The Hall–Kier alpha value is -1.55. The van der Waals surface area contributed by atoms with Crippen molar-refractivity contribution in [3.63, 3.8) is 0 Å². The lowest BCUT2D eigenvalue weighted by Crippen LogP contribution is -2.35. The number of likely N-dealkylation sites (N-methyl/N-ethyl adjacent to an activating group) is 1. The quantitative estimate of drug-likeness (QED) is 0.876. The summed E-state index contributed by atoms with van der Waals surface area (Å²) in [6.45, 7) is 0.412. The van der Waals surface area contributed by atoms with Crippen LogP contribution in [0.15, 0.2) is 24.3 Å². The van der Waals surface area contributed by atoms with E-state index in [9.17, 15) is 9.90 Å². The average molecular weight is 262 g/mol. The van der Waals surface area contributed by atoms with Crippen molar-refractivity contribution >= 4 is 11.6 Å². The minimum atomic E-state index is -0.383. The third kappa shape index (κ3) is 3.47.